The standard InChI is InChI=1S/C3H8O3.2C2H6O2.BrH/c1-6-3(5)2-4;2*3-1-2-4;/h3-5H,2H2,1H3;2*3-4H,1-2H2;1H. The molecule has 0 rings (SSSR count). The maximum absolute atomic E-state index is 8.19. The van der Waals surface area contributed by atoms with Gasteiger partial charge in [0.25, 0.3) is 0 Å². The van der Waals surface area contributed by atoms with E-state index in [2.05, 4.69) is 4.74 Å². The van der Waals surface area contributed by atoms with E-state index in [0.717, 1.165) is 0 Å². The van der Waals surface area contributed by atoms with Crippen LogP contribution in [-0.2, 0) is 4.74 Å². The van der Waals surface area contributed by atoms with Crippen LogP contribution in [0.25, 0.3) is 0 Å². The topological polar surface area (TPSA) is 131 Å². The summed E-state index contributed by atoms with van der Waals surface area (Å²) in [7, 11) is 1.32. The summed E-state index contributed by atoms with van der Waals surface area (Å²) in [6.45, 7) is -0.837. The van der Waals surface area contributed by atoms with Crippen LogP contribution in [0.4, 0.5) is 0 Å². The first-order chi connectivity index (χ1) is 6.64. The third-order valence-corrected chi connectivity index (χ3v) is 0.628. The average Bonchev–Trinajstić information content (AvgIpc) is 2.28. The Morgan fingerprint density at radius 3 is 1.13 bits per heavy atom. The van der Waals surface area contributed by atoms with Crippen molar-refractivity contribution in [3.63, 3.8) is 0 Å². The average molecular weight is 297 g/mol. The molecule has 0 amide bonds. The number of rotatable bonds is 4. The molecule has 0 radical (unpaired) electrons. The van der Waals surface area contributed by atoms with E-state index in [0.29, 0.717) is 0 Å². The van der Waals surface area contributed by atoms with E-state index in [-0.39, 0.29) is 50.0 Å². The van der Waals surface area contributed by atoms with Gasteiger partial charge < -0.3 is 35.4 Å². The number of hydrogen-bond acceptors (Lipinski definition) is 7. The van der Waals surface area contributed by atoms with E-state index in [4.69, 9.17) is 30.6 Å². The second-order valence-electron chi connectivity index (χ2n) is 1.77. The first-order valence-electron chi connectivity index (χ1n) is 3.89. The lowest BCUT2D eigenvalue weighted by molar-refractivity contribution is -0.102. The van der Waals surface area contributed by atoms with Gasteiger partial charge in [-0.05, 0) is 0 Å². The predicted molar refractivity (Wildman–Crippen MR) is 58.8 cm³/mol. The maximum atomic E-state index is 8.19. The quantitative estimate of drug-likeness (QED) is 0.315. The second-order valence-corrected chi connectivity index (χ2v) is 1.77. The highest BCUT2D eigenvalue weighted by molar-refractivity contribution is 8.93. The van der Waals surface area contributed by atoms with Gasteiger partial charge in [0.2, 0.25) is 0 Å². The molecule has 8 heteroatoms. The third kappa shape index (κ3) is 55.0. The summed E-state index contributed by atoms with van der Waals surface area (Å²) >= 11 is 0. The molecule has 1 unspecified atom stereocenters. The van der Waals surface area contributed by atoms with Crippen molar-refractivity contribution in [1.82, 2.24) is 0 Å². The second kappa shape index (κ2) is 29.2. The van der Waals surface area contributed by atoms with Crippen LogP contribution in [-0.4, -0.2) is 77.1 Å². The molecule has 0 bridgehead atoms. The lowest BCUT2D eigenvalue weighted by Crippen LogP contribution is -2.12. The van der Waals surface area contributed by atoms with Gasteiger partial charge in [-0.1, -0.05) is 0 Å². The van der Waals surface area contributed by atoms with Crippen LogP contribution in [0.1, 0.15) is 0 Å². The Bertz CT molecular complexity index is 64.4. The van der Waals surface area contributed by atoms with Gasteiger partial charge >= 0.3 is 0 Å². The van der Waals surface area contributed by atoms with E-state index in [1.54, 1.807) is 0 Å². The van der Waals surface area contributed by atoms with Crippen LogP contribution in [0.5, 0.6) is 0 Å². The van der Waals surface area contributed by atoms with Gasteiger partial charge in [-0.15, -0.1) is 17.0 Å². The molecule has 0 aliphatic carbocycles. The molecule has 0 aliphatic heterocycles. The Kier molecular flexibility index (Phi) is 47.6. The predicted octanol–water partition coefficient (Wildman–Crippen LogP) is -2.54. The van der Waals surface area contributed by atoms with Gasteiger partial charge in [0.05, 0.1) is 33.0 Å². The largest absolute Gasteiger partial charge is 0.394 e. The number of ether oxygens (including phenoxy) is 1. The van der Waals surface area contributed by atoms with Crippen molar-refractivity contribution < 1.29 is 35.4 Å². The van der Waals surface area contributed by atoms with Crippen molar-refractivity contribution in [3.8, 4) is 0 Å². The number of methoxy groups -OCH3 is 1. The Labute approximate surface area is 99.3 Å². The van der Waals surface area contributed by atoms with Gasteiger partial charge in [0.1, 0.15) is 0 Å². The minimum absolute atomic E-state index is 0. The van der Waals surface area contributed by atoms with Crippen LogP contribution in [0.2, 0.25) is 0 Å². The summed E-state index contributed by atoms with van der Waals surface area (Å²) in [5.41, 5.74) is 0. The van der Waals surface area contributed by atoms with Crippen LogP contribution < -0.4 is 0 Å². The van der Waals surface area contributed by atoms with E-state index >= 15 is 0 Å². The smallest absolute Gasteiger partial charge is 0.177 e. The molecule has 98 valence electrons. The van der Waals surface area contributed by atoms with E-state index in [9.17, 15) is 0 Å². The number of aliphatic hydroxyl groups excluding tert-OH is 6. The van der Waals surface area contributed by atoms with Gasteiger partial charge in [-0.3, -0.25) is 0 Å². The lowest BCUT2D eigenvalue weighted by Gasteiger charge is -1.99. The van der Waals surface area contributed by atoms with Crippen molar-refractivity contribution in [2.75, 3.05) is 40.1 Å². The monoisotopic (exact) mass is 296 g/mol. The third-order valence-electron chi connectivity index (χ3n) is 0.628. The molecule has 0 aliphatic rings. The van der Waals surface area contributed by atoms with Crippen LogP contribution in [0.3, 0.4) is 0 Å². The van der Waals surface area contributed by atoms with E-state index in [1.807, 2.05) is 0 Å². The zero-order valence-corrected chi connectivity index (χ0v) is 10.3. The minimum atomic E-state index is -1.01. The van der Waals surface area contributed by atoms with Crippen molar-refractivity contribution >= 4 is 17.0 Å². The fraction of sp³-hybridized carbons (Fsp3) is 1.00. The summed E-state index contributed by atoms with van der Waals surface area (Å²) in [6.07, 6.45) is -1.01. The molecule has 0 saturated heterocycles. The number of hydrogen-bond donors (Lipinski definition) is 6. The van der Waals surface area contributed by atoms with Crippen molar-refractivity contribution in [2.45, 2.75) is 6.29 Å². The molecule has 0 spiro atoms. The molecule has 0 aromatic rings. The van der Waals surface area contributed by atoms with E-state index < -0.39 is 6.29 Å². The number of halogens is 1. The van der Waals surface area contributed by atoms with Crippen LogP contribution in [0.15, 0.2) is 0 Å². The van der Waals surface area contributed by atoms with Crippen molar-refractivity contribution in [2.24, 2.45) is 0 Å². The Balaban J connectivity index is -0.0000000606. The van der Waals surface area contributed by atoms with Gasteiger partial charge in [-0.2, -0.15) is 0 Å². The highest BCUT2D eigenvalue weighted by Gasteiger charge is 1.92. The summed E-state index contributed by atoms with van der Waals surface area (Å²) < 4.78 is 4.20. The maximum Gasteiger partial charge on any atom is 0.177 e. The van der Waals surface area contributed by atoms with Crippen LogP contribution in [0, 0.1) is 0 Å². The summed E-state index contributed by atoms with van der Waals surface area (Å²) in [5, 5.41) is 46.7. The molecule has 0 aromatic carbocycles. The van der Waals surface area contributed by atoms with E-state index in [1.165, 1.54) is 7.11 Å². The first kappa shape index (κ1) is 24.4. The summed E-state index contributed by atoms with van der Waals surface area (Å²) in [4.78, 5) is 0. The zero-order chi connectivity index (χ0) is 11.8. The Hall–Kier alpha value is 0.200. The number of aliphatic hydroxyl groups is 6. The molecule has 0 fully saturated rings. The molecule has 15 heavy (non-hydrogen) atoms. The molecule has 6 N–H and O–H groups in total. The Morgan fingerprint density at radius 2 is 1.13 bits per heavy atom. The van der Waals surface area contributed by atoms with Crippen molar-refractivity contribution in [3.05, 3.63) is 0 Å². The fourth-order valence-corrected chi connectivity index (χ4v) is 0.0745. The molecular weight excluding hydrogens is 276 g/mol. The molecule has 1 atom stereocenters. The molecule has 0 heterocycles. The van der Waals surface area contributed by atoms with Gasteiger partial charge in [0.15, 0.2) is 6.29 Å². The lowest BCUT2D eigenvalue weighted by atomic mass is 10.7. The van der Waals surface area contributed by atoms with Crippen LogP contribution >= 0.6 is 17.0 Å². The highest BCUT2D eigenvalue weighted by Crippen LogP contribution is 1.75. The van der Waals surface area contributed by atoms with Gasteiger partial charge in [-0.25, -0.2) is 0 Å². The SMILES string of the molecule is Br.COC(O)CO.OCCO.OCCO. The Morgan fingerprint density at radius 1 is 0.867 bits per heavy atom. The summed E-state index contributed by atoms with van der Waals surface area (Å²) in [6, 6.07) is 0. The molecule has 7 nitrogen and oxygen atoms in total. The minimum Gasteiger partial charge on any atom is -0.394 e. The zero-order valence-electron chi connectivity index (χ0n) is 8.61. The molecular formula is C7H21BrO7. The van der Waals surface area contributed by atoms with Gasteiger partial charge in [0, 0.05) is 7.11 Å². The molecule has 0 aromatic heterocycles. The normalized spacial score (nSPS) is 9.80. The first-order valence-corrected chi connectivity index (χ1v) is 3.89. The van der Waals surface area contributed by atoms with Crippen molar-refractivity contribution in [1.29, 1.82) is 0 Å². The highest BCUT2D eigenvalue weighted by atomic mass is 79.9. The summed E-state index contributed by atoms with van der Waals surface area (Å²) in [5.74, 6) is 0. The fourth-order valence-electron chi connectivity index (χ4n) is 0.0745. The molecule has 0 saturated carbocycles.